The number of halogens is 1. The van der Waals surface area contributed by atoms with Gasteiger partial charge in [-0.1, -0.05) is 13.8 Å². The molecule has 5 heteroatoms. The van der Waals surface area contributed by atoms with E-state index in [9.17, 15) is 9.18 Å². The summed E-state index contributed by atoms with van der Waals surface area (Å²) in [6, 6.07) is 4.80. The summed E-state index contributed by atoms with van der Waals surface area (Å²) in [4.78, 5) is 13.5. The maximum Gasteiger partial charge on any atom is 0.226 e. The molecular formula is C14H19FN2O2. The number of amides is 1. The van der Waals surface area contributed by atoms with Gasteiger partial charge in [0.1, 0.15) is 5.82 Å². The Kier molecular flexibility index (Phi) is 4.37. The van der Waals surface area contributed by atoms with Gasteiger partial charge in [0.05, 0.1) is 18.9 Å². The van der Waals surface area contributed by atoms with Crippen molar-refractivity contribution < 1.29 is 13.9 Å². The zero-order chi connectivity index (χ0) is 13.8. The van der Waals surface area contributed by atoms with E-state index >= 15 is 0 Å². The average molecular weight is 266 g/mol. The van der Waals surface area contributed by atoms with Crippen molar-refractivity contribution in [2.45, 2.75) is 13.8 Å². The lowest BCUT2D eigenvalue weighted by atomic mass is 10.2. The molecule has 19 heavy (non-hydrogen) atoms. The predicted molar refractivity (Wildman–Crippen MR) is 72.9 cm³/mol. The first-order valence-corrected chi connectivity index (χ1v) is 6.51. The van der Waals surface area contributed by atoms with Crippen molar-refractivity contribution >= 4 is 17.3 Å². The second-order valence-corrected chi connectivity index (χ2v) is 4.91. The van der Waals surface area contributed by atoms with Gasteiger partial charge in [-0.25, -0.2) is 4.39 Å². The standard InChI is InChI=1S/C14H19FN2O2/c1-10(2)14(18)16-11-3-4-13(12(15)9-11)17-5-7-19-8-6-17/h3-4,9-10H,5-8H2,1-2H3,(H,16,18). The van der Waals surface area contributed by atoms with Crippen LogP contribution in [0.1, 0.15) is 13.8 Å². The van der Waals surface area contributed by atoms with E-state index in [-0.39, 0.29) is 17.6 Å². The maximum atomic E-state index is 14.1. The van der Waals surface area contributed by atoms with Crippen molar-refractivity contribution in [3.63, 3.8) is 0 Å². The predicted octanol–water partition coefficient (Wildman–Crippen LogP) is 2.26. The van der Waals surface area contributed by atoms with Crippen LogP contribution in [0.25, 0.3) is 0 Å². The van der Waals surface area contributed by atoms with Crippen LogP contribution < -0.4 is 10.2 Å². The van der Waals surface area contributed by atoms with Gasteiger partial charge in [0.15, 0.2) is 0 Å². The molecule has 0 atom stereocenters. The van der Waals surface area contributed by atoms with Crippen LogP contribution in [0.3, 0.4) is 0 Å². The molecule has 1 saturated heterocycles. The Morgan fingerprint density at radius 3 is 2.63 bits per heavy atom. The van der Waals surface area contributed by atoms with Gasteiger partial charge in [-0.3, -0.25) is 4.79 Å². The molecule has 1 N–H and O–H groups in total. The normalized spacial score (nSPS) is 15.7. The SMILES string of the molecule is CC(C)C(=O)Nc1ccc(N2CCOCC2)c(F)c1. The summed E-state index contributed by atoms with van der Waals surface area (Å²) in [6.45, 7) is 6.21. The minimum atomic E-state index is -0.316. The summed E-state index contributed by atoms with van der Waals surface area (Å²) in [6.07, 6.45) is 0. The number of carbonyl (C=O) groups is 1. The number of morpholine rings is 1. The van der Waals surface area contributed by atoms with E-state index in [0.717, 1.165) is 0 Å². The van der Waals surface area contributed by atoms with Crippen LogP contribution in [0.2, 0.25) is 0 Å². The van der Waals surface area contributed by atoms with Crippen LogP contribution in [0.15, 0.2) is 18.2 Å². The summed E-state index contributed by atoms with van der Waals surface area (Å²) in [5, 5.41) is 2.69. The van der Waals surface area contributed by atoms with E-state index in [1.807, 2.05) is 4.90 Å². The number of anilines is 2. The number of benzene rings is 1. The van der Waals surface area contributed by atoms with Gasteiger partial charge in [0, 0.05) is 24.7 Å². The molecule has 1 aromatic rings. The maximum absolute atomic E-state index is 14.1. The molecule has 1 aliphatic rings. The molecular weight excluding hydrogens is 247 g/mol. The van der Waals surface area contributed by atoms with E-state index < -0.39 is 0 Å². The molecule has 104 valence electrons. The Morgan fingerprint density at radius 1 is 1.37 bits per heavy atom. The van der Waals surface area contributed by atoms with E-state index in [0.29, 0.717) is 37.7 Å². The number of rotatable bonds is 3. The number of nitrogens with one attached hydrogen (secondary N) is 1. The largest absolute Gasteiger partial charge is 0.378 e. The Labute approximate surface area is 112 Å². The Bertz CT molecular complexity index is 457. The van der Waals surface area contributed by atoms with Gasteiger partial charge >= 0.3 is 0 Å². The molecule has 1 aliphatic heterocycles. The lowest BCUT2D eigenvalue weighted by molar-refractivity contribution is -0.118. The second-order valence-electron chi connectivity index (χ2n) is 4.91. The molecule has 1 amide bonds. The summed E-state index contributed by atoms with van der Waals surface area (Å²) >= 11 is 0. The zero-order valence-corrected chi connectivity index (χ0v) is 11.3. The Hall–Kier alpha value is -1.62. The number of hydrogen-bond donors (Lipinski definition) is 1. The first kappa shape index (κ1) is 13.8. The number of ether oxygens (including phenoxy) is 1. The lowest BCUT2D eigenvalue weighted by Gasteiger charge is -2.29. The average Bonchev–Trinajstić information content (AvgIpc) is 2.39. The van der Waals surface area contributed by atoms with E-state index in [1.54, 1.807) is 26.0 Å². The fourth-order valence-corrected chi connectivity index (χ4v) is 1.93. The molecule has 0 aromatic heterocycles. The van der Waals surface area contributed by atoms with Gasteiger partial charge < -0.3 is 15.0 Å². The number of carbonyl (C=O) groups excluding carboxylic acids is 1. The van der Waals surface area contributed by atoms with Gasteiger partial charge in [0.2, 0.25) is 5.91 Å². The van der Waals surface area contributed by atoms with Gasteiger partial charge in [-0.2, -0.15) is 0 Å². The summed E-state index contributed by atoms with van der Waals surface area (Å²) < 4.78 is 19.3. The minimum Gasteiger partial charge on any atom is -0.378 e. The fourth-order valence-electron chi connectivity index (χ4n) is 1.93. The molecule has 1 heterocycles. The van der Waals surface area contributed by atoms with Crippen molar-refractivity contribution in [1.82, 2.24) is 0 Å². The van der Waals surface area contributed by atoms with Crippen molar-refractivity contribution in [1.29, 1.82) is 0 Å². The topological polar surface area (TPSA) is 41.6 Å². The van der Waals surface area contributed by atoms with Crippen LogP contribution in [-0.2, 0) is 9.53 Å². The van der Waals surface area contributed by atoms with Gasteiger partial charge in [-0.05, 0) is 18.2 Å². The van der Waals surface area contributed by atoms with Gasteiger partial charge in [-0.15, -0.1) is 0 Å². The molecule has 0 spiro atoms. The monoisotopic (exact) mass is 266 g/mol. The first-order valence-electron chi connectivity index (χ1n) is 6.51. The zero-order valence-electron chi connectivity index (χ0n) is 11.3. The van der Waals surface area contributed by atoms with Crippen molar-refractivity contribution in [2.24, 2.45) is 5.92 Å². The number of hydrogen-bond acceptors (Lipinski definition) is 3. The molecule has 0 radical (unpaired) electrons. The quantitative estimate of drug-likeness (QED) is 0.912. The molecule has 4 nitrogen and oxygen atoms in total. The Balaban J connectivity index is 2.10. The molecule has 2 rings (SSSR count). The summed E-state index contributed by atoms with van der Waals surface area (Å²) in [5.41, 5.74) is 1.05. The van der Waals surface area contributed by atoms with Crippen LogP contribution in [0.4, 0.5) is 15.8 Å². The van der Waals surface area contributed by atoms with Crippen LogP contribution in [0.5, 0.6) is 0 Å². The van der Waals surface area contributed by atoms with Crippen molar-refractivity contribution in [3.05, 3.63) is 24.0 Å². The third-order valence-corrected chi connectivity index (χ3v) is 3.09. The Morgan fingerprint density at radius 2 is 2.05 bits per heavy atom. The highest BCUT2D eigenvalue weighted by molar-refractivity contribution is 5.92. The van der Waals surface area contributed by atoms with Crippen LogP contribution in [-0.4, -0.2) is 32.2 Å². The first-order chi connectivity index (χ1) is 9.08. The minimum absolute atomic E-state index is 0.112. The highest BCUT2D eigenvalue weighted by Gasteiger charge is 2.16. The lowest BCUT2D eigenvalue weighted by Crippen LogP contribution is -2.36. The van der Waals surface area contributed by atoms with Crippen molar-refractivity contribution in [3.8, 4) is 0 Å². The molecule has 1 aromatic carbocycles. The highest BCUT2D eigenvalue weighted by Crippen LogP contribution is 2.23. The van der Waals surface area contributed by atoms with Crippen LogP contribution in [0, 0.1) is 11.7 Å². The molecule has 0 aliphatic carbocycles. The van der Waals surface area contributed by atoms with Crippen LogP contribution >= 0.6 is 0 Å². The molecule has 0 bridgehead atoms. The third kappa shape index (κ3) is 3.44. The molecule has 1 fully saturated rings. The van der Waals surface area contributed by atoms with E-state index in [2.05, 4.69) is 5.32 Å². The third-order valence-electron chi connectivity index (χ3n) is 3.09. The van der Waals surface area contributed by atoms with Gasteiger partial charge in [0.25, 0.3) is 0 Å². The second kappa shape index (κ2) is 6.02. The molecule has 0 unspecified atom stereocenters. The highest BCUT2D eigenvalue weighted by atomic mass is 19.1. The van der Waals surface area contributed by atoms with E-state index in [1.165, 1.54) is 6.07 Å². The van der Waals surface area contributed by atoms with Crippen molar-refractivity contribution in [2.75, 3.05) is 36.5 Å². The summed E-state index contributed by atoms with van der Waals surface area (Å²) in [7, 11) is 0. The van der Waals surface area contributed by atoms with E-state index in [4.69, 9.17) is 4.74 Å². The number of nitrogens with zero attached hydrogens (tertiary/aromatic N) is 1. The fraction of sp³-hybridized carbons (Fsp3) is 0.500. The summed E-state index contributed by atoms with van der Waals surface area (Å²) in [5.74, 6) is -0.552. The molecule has 0 saturated carbocycles. The smallest absolute Gasteiger partial charge is 0.226 e.